The minimum atomic E-state index is -1.10. The molecule has 2 atom stereocenters. The van der Waals surface area contributed by atoms with Gasteiger partial charge in [0, 0.05) is 24.9 Å². The molecule has 1 aromatic heterocycles. The highest BCUT2D eigenvalue weighted by molar-refractivity contribution is 5.97. The summed E-state index contributed by atoms with van der Waals surface area (Å²) in [6, 6.07) is 2.27. The largest absolute Gasteiger partial charge is 0.480 e. The molecule has 1 aliphatic rings. The maximum atomic E-state index is 12.2. The zero-order chi connectivity index (χ0) is 13.3. The number of aliphatic carboxylic acids is 1. The second-order valence-electron chi connectivity index (χ2n) is 4.34. The van der Waals surface area contributed by atoms with E-state index in [0.29, 0.717) is 11.3 Å². The number of aliphatic hydroxyl groups is 1. The van der Waals surface area contributed by atoms with Crippen molar-refractivity contribution < 1.29 is 19.8 Å². The highest BCUT2D eigenvalue weighted by atomic mass is 16.4. The first-order valence-electron chi connectivity index (χ1n) is 5.64. The van der Waals surface area contributed by atoms with Gasteiger partial charge in [-0.1, -0.05) is 0 Å². The van der Waals surface area contributed by atoms with Gasteiger partial charge in [0.2, 0.25) is 0 Å². The zero-order valence-electron chi connectivity index (χ0n) is 9.91. The Bertz CT molecular complexity index is 489. The fraction of sp³-hybridized carbons (Fsp3) is 0.417. The number of carboxylic acid groups (broad SMARTS) is 1. The van der Waals surface area contributed by atoms with Gasteiger partial charge in [-0.2, -0.15) is 0 Å². The molecule has 0 spiro atoms. The van der Waals surface area contributed by atoms with E-state index in [1.807, 2.05) is 0 Å². The van der Waals surface area contributed by atoms with Gasteiger partial charge in [0.05, 0.1) is 11.7 Å². The highest BCUT2D eigenvalue weighted by Gasteiger charge is 2.39. The van der Waals surface area contributed by atoms with Crippen LogP contribution in [0.4, 0.5) is 0 Å². The van der Waals surface area contributed by atoms with Crippen LogP contribution in [0.25, 0.3) is 0 Å². The maximum Gasteiger partial charge on any atom is 0.326 e. The molecular formula is C12H14N2O4. The van der Waals surface area contributed by atoms with Gasteiger partial charge in [0.1, 0.15) is 6.04 Å². The number of β-amino-alcohol motifs (C(OH)–C–C–N with tert-alkyl or cyclic N) is 1. The van der Waals surface area contributed by atoms with Crippen LogP contribution in [0.3, 0.4) is 0 Å². The summed E-state index contributed by atoms with van der Waals surface area (Å²) in [5.74, 6) is -1.49. The third kappa shape index (κ3) is 2.19. The van der Waals surface area contributed by atoms with Crippen LogP contribution in [-0.2, 0) is 4.79 Å². The van der Waals surface area contributed by atoms with Gasteiger partial charge in [0.15, 0.2) is 0 Å². The van der Waals surface area contributed by atoms with Crippen LogP contribution >= 0.6 is 0 Å². The first kappa shape index (κ1) is 12.5. The Morgan fingerprint density at radius 2 is 2.22 bits per heavy atom. The minimum absolute atomic E-state index is 0.0458. The number of carbonyl (C=O) groups is 2. The van der Waals surface area contributed by atoms with Crippen LogP contribution in [0, 0.1) is 6.92 Å². The monoisotopic (exact) mass is 250 g/mol. The van der Waals surface area contributed by atoms with Crippen molar-refractivity contribution in [2.45, 2.75) is 25.5 Å². The van der Waals surface area contributed by atoms with Gasteiger partial charge >= 0.3 is 5.97 Å². The van der Waals surface area contributed by atoms with E-state index >= 15 is 0 Å². The van der Waals surface area contributed by atoms with E-state index in [-0.39, 0.29) is 13.0 Å². The van der Waals surface area contributed by atoms with E-state index in [1.54, 1.807) is 25.3 Å². The molecule has 0 bridgehead atoms. The van der Waals surface area contributed by atoms with Gasteiger partial charge in [-0.25, -0.2) is 4.79 Å². The van der Waals surface area contributed by atoms with Crippen LogP contribution in [0.2, 0.25) is 0 Å². The Labute approximate surface area is 104 Å². The van der Waals surface area contributed by atoms with Gasteiger partial charge in [-0.3, -0.25) is 9.78 Å². The predicted octanol–water partition coefficient (Wildman–Crippen LogP) is 0.0500. The number of amides is 1. The second-order valence-corrected chi connectivity index (χ2v) is 4.34. The van der Waals surface area contributed by atoms with Crippen LogP contribution in [0.1, 0.15) is 22.5 Å². The number of aliphatic hydroxyl groups excluding tert-OH is 1. The van der Waals surface area contributed by atoms with Crippen molar-refractivity contribution in [1.82, 2.24) is 9.88 Å². The van der Waals surface area contributed by atoms with Crippen molar-refractivity contribution in [1.29, 1.82) is 0 Å². The SMILES string of the molecule is Cc1ncccc1C(=O)N1CC(O)CC1C(=O)O. The highest BCUT2D eigenvalue weighted by Crippen LogP contribution is 2.21. The lowest BCUT2D eigenvalue weighted by Crippen LogP contribution is -2.40. The van der Waals surface area contributed by atoms with E-state index in [0.717, 1.165) is 0 Å². The first-order chi connectivity index (χ1) is 8.50. The molecule has 6 heteroatoms. The third-order valence-corrected chi connectivity index (χ3v) is 3.06. The van der Waals surface area contributed by atoms with Gasteiger partial charge in [0.25, 0.3) is 5.91 Å². The van der Waals surface area contributed by atoms with E-state index in [9.17, 15) is 14.7 Å². The molecule has 2 heterocycles. The molecule has 96 valence electrons. The second kappa shape index (κ2) is 4.73. The summed E-state index contributed by atoms with van der Waals surface area (Å²) in [7, 11) is 0. The molecule has 6 nitrogen and oxygen atoms in total. The molecule has 0 aliphatic carbocycles. The van der Waals surface area contributed by atoms with Gasteiger partial charge in [-0.05, 0) is 19.1 Å². The summed E-state index contributed by atoms with van der Waals surface area (Å²) < 4.78 is 0. The summed E-state index contributed by atoms with van der Waals surface area (Å²) in [6.07, 6.45) is 0.854. The van der Waals surface area contributed by atoms with Gasteiger partial charge in [-0.15, -0.1) is 0 Å². The molecular weight excluding hydrogens is 236 g/mol. The fourth-order valence-corrected chi connectivity index (χ4v) is 2.14. The fourth-order valence-electron chi connectivity index (χ4n) is 2.14. The predicted molar refractivity (Wildman–Crippen MR) is 62.1 cm³/mol. The maximum absolute atomic E-state index is 12.2. The number of carbonyl (C=O) groups excluding carboxylic acids is 1. The molecule has 2 rings (SSSR count). The van der Waals surface area contributed by atoms with Crippen molar-refractivity contribution in [2.75, 3.05) is 6.54 Å². The summed E-state index contributed by atoms with van der Waals surface area (Å²) in [5.41, 5.74) is 0.922. The van der Waals surface area contributed by atoms with Crippen LogP contribution < -0.4 is 0 Å². The number of nitrogens with zero attached hydrogens (tertiary/aromatic N) is 2. The lowest BCUT2D eigenvalue weighted by molar-refractivity contribution is -0.141. The van der Waals surface area contributed by atoms with Crippen molar-refractivity contribution in [3.05, 3.63) is 29.6 Å². The average Bonchev–Trinajstić information content (AvgIpc) is 2.71. The molecule has 2 unspecified atom stereocenters. The molecule has 0 aromatic carbocycles. The Hall–Kier alpha value is -1.95. The van der Waals surface area contributed by atoms with Crippen LogP contribution in [-0.4, -0.2) is 50.7 Å². The Kier molecular flexibility index (Phi) is 3.29. The molecule has 1 amide bonds. The topological polar surface area (TPSA) is 90.7 Å². The standard InChI is InChI=1S/C12H14N2O4/c1-7-9(3-2-4-13-7)11(16)14-6-8(15)5-10(14)12(17)18/h2-4,8,10,15H,5-6H2,1H3,(H,17,18). The smallest absolute Gasteiger partial charge is 0.326 e. The van der Waals surface area contributed by atoms with Crippen molar-refractivity contribution in [2.24, 2.45) is 0 Å². The van der Waals surface area contributed by atoms with E-state index < -0.39 is 24.0 Å². The molecule has 1 aromatic rings. The van der Waals surface area contributed by atoms with Crippen molar-refractivity contribution in [3.63, 3.8) is 0 Å². The number of rotatable bonds is 2. The summed E-state index contributed by atoms with van der Waals surface area (Å²) in [4.78, 5) is 28.5. The van der Waals surface area contributed by atoms with E-state index in [4.69, 9.17) is 5.11 Å². The van der Waals surface area contributed by atoms with Crippen LogP contribution in [0.5, 0.6) is 0 Å². The number of hydrogen-bond acceptors (Lipinski definition) is 4. The minimum Gasteiger partial charge on any atom is -0.480 e. The zero-order valence-corrected chi connectivity index (χ0v) is 9.91. The molecule has 2 N–H and O–H groups in total. The van der Waals surface area contributed by atoms with Crippen molar-refractivity contribution >= 4 is 11.9 Å². The van der Waals surface area contributed by atoms with Gasteiger partial charge < -0.3 is 15.1 Å². The number of aromatic nitrogens is 1. The number of pyridine rings is 1. The molecule has 0 saturated carbocycles. The quantitative estimate of drug-likeness (QED) is 0.774. The Balaban J connectivity index is 2.28. The number of hydrogen-bond donors (Lipinski definition) is 2. The van der Waals surface area contributed by atoms with E-state index in [2.05, 4.69) is 4.98 Å². The van der Waals surface area contributed by atoms with E-state index in [1.165, 1.54) is 4.90 Å². The summed E-state index contributed by atoms with van der Waals surface area (Å²) in [5, 5.41) is 18.6. The van der Waals surface area contributed by atoms with Crippen LogP contribution in [0.15, 0.2) is 18.3 Å². The Morgan fingerprint density at radius 1 is 1.50 bits per heavy atom. The number of likely N-dealkylation sites (tertiary alicyclic amines) is 1. The number of aryl methyl sites for hydroxylation is 1. The summed E-state index contributed by atoms with van der Waals surface area (Å²) in [6.45, 7) is 1.74. The lowest BCUT2D eigenvalue weighted by atomic mass is 10.1. The molecule has 18 heavy (non-hydrogen) atoms. The molecule has 1 saturated heterocycles. The number of carboxylic acids is 1. The molecule has 0 radical (unpaired) electrons. The Morgan fingerprint density at radius 3 is 2.83 bits per heavy atom. The lowest BCUT2D eigenvalue weighted by Gasteiger charge is -2.21. The normalized spacial score (nSPS) is 23.1. The molecule has 1 aliphatic heterocycles. The third-order valence-electron chi connectivity index (χ3n) is 3.06. The summed E-state index contributed by atoms with van der Waals surface area (Å²) >= 11 is 0. The average molecular weight is 250 g/mol. The van der Waals surface area contributed by atoms with Crippen molar-refractivity contribution in [3.8, 4) is 0 Å². The molecule has 1 fully saturated rings. The first-order valence-corrected chi connectivity index (χ1v) is 5.64.